The number of hydrogen-bond acceptors (Lipinski definition) is 2. The fraction of sp³-hybridized carbons (Fsp3) is 0.400. The Labute approximate surface area is 113 Å². The van der Waals surface area contributed by atoms with Crippen molar-refractivity contribution in [1.82, 2.24) is 9.88 Å². The van der Waals surface area contributed by atoms with Gasteiger partial charge in [-0.25, -0.2) is 0 Å². The molecule has 0 spiro atoms. The lowest BCUT2D eigenvalue weighted by atomic mass is 10.1. The molecule has 0 saturated heterocycles. The lowest BCUT2D eigenvalue weighted by molar-refractivity contribution is -0.118. The number of carbonyl (C=O) groups excluding carboxylic acids is 1. The van der Waals surface area contributed by atoms with Gasteiger partial charge in [0.1, 0.15) is 6.54 Å². The molecule has 4 nitrogen and oxygen atoms in total. The Morgan fingerprint density at radius 1 is 1.32 bits per heavy atom. The number of nitrogens with two attached hydrogens (primary N) is 1. The van der Waals surface area contributed by atoms with E-state index < -0.39 is 0 Å². The zero-order chi connectivity index (χ0) is 14.0. The lowest BCUT2D eigenvalue weighted by Gasteiger charge is -2.20. The number of hydrogen-bond donors (Lipinski definition) is 2. The molecule has 0 saturated carbocycles. The van der Waals surface area contributed by atoms with E-state index in [2.05, 4.69) is 44.3 Å². The second-order valence-corrected chi connectivity index (χ2v) is 5.91. The normalized spacial score (nSPS) is 11.9. The number of primary amides is 1. The maximum atomic E-state index is 11.0. The second kappa shape index (κ2) is 5.05. The minimum atomic E-state index is -0.323. The van der Waals surface area contributed by atoms with Gasteiger partial charge in [0, 0.05) is 23.8 Å². The Morgan fingerprint density at radius 3 is 2.68 bits per heavy atom. The first kappa shape index (κ1) is 13.6. The van der Waals surface area contributed by atoms with Gasteiger partial charge in [-0.05, 0) is 43.9 Å². The van der Waals surface area contributed by atoms with Gasteiger partial charge in [-0.1, -0.05) is 12.1 Å². The first-order valence-electron chi connectivity index (χ1n) is 6.46. The van der Waals surface area contributed by atoms with Crippen molar-refractivity contribution in [2.75, 3.05) is 0 Å². The molecular weight excluding hydrogens is 238 g/mol. The lowest BCUT2D eigenvalue weighted by Crippen LogP contribution is -2.35. The Hall–Kier alpha value is -1.81. The molecule has 4 heteroatoms. The van der Waals surface area contributed by atoms with Gasteiger partial charge in [0.25, 0.3) is 0 Å². The van der Waals surface area contributed by atoms with E-state index >= 15 is 0 Å². The highest BCUT2D eigenvalue weighted by molar-refractivity contribution is 5.83. The minimum absolute atomic E-state index is 0.0875. The average molecular weight is 259 g/mol. The van der Waals surface area contributed by atoms with E-state index in [9.17, 15) is 4.79 Å². The quantitative estimate of drug-likeness (QED) is 0.882. The fourth-order valence-electron chi connectivity index (χ4n) is 2.01. The van der Waals surface area contributed by atoms with Crippen molar-refractivity contribution in [3.63, 3.8) is 0 Å². The number of nitrogens with zero attached hydrogens (tertiary/aromatic N) is 1. The molecule has 19 heavy (non-hydrogen) atoms. The Kier molecular flexibility index (Phi) is 3.62. The summed E-state index contributed by atoms with van der Waals surface area (Å²) in [5.41, 5.74) is 7.59. The van der Waals surface area contributed by atoms with Crippen LogP contribution in [-0.4, -0.2) is 16.0 Å². The third-order valence-electron chi connectivity index (χ3n) is 2.99. The average Bonchev–Trinajstić information content (AvgIpc) is 2.68. The smallest absolute Gasteiger partial charge is 0.237 e. The second-order valence-electron chi connectivity index (χ2n) is 5.91. The molecule has 0 radical (unpaired) electrons. The van der Waals surface area contributed by atoms with E-state index in [1.165, 1.54) is 5.56 Å². The van der Waals surface area contributed by atoms with Crippen LogP contribution in [0.4, 0.5) is 0 Å². The third kappa shape index (κ3) is 3.58. The van der Waals surface area contributed by atoms with E-state index in [1.54, 1.807) is 0 Å². The first-order chi connectivity index (χ1) is 8.85. The van der Waals surface area contributed by atoms with E-state index in [0.29, 0.717) is 0 Å². The number of aromatic nitrogens is 1. The summed E-state index contributed by atoms with van der Waals surface area (Å²) < 4.78 is 1.89. The van der Waals surface area contributed by atoms with Crippen LogP contribution in [-0.2, 0) is 17.9 Å². The van der Waals surface area contributed by atoms with Crippen molar-refractivity contribution in [3.05, 3.63) is 36.0 Å². The number of nitrogens with one attached hydrogen (secondary N) is 1. The summed E-state index contributed by atoms with van der Waals surface area (Å²) in [5.74, 6) is -0.323. The SMILES string of the molecule is CC(C)(C)NCc1ccc2ccn(CC(N)=O)c2c1. The number of fused-ring (bicyclic) bond motifs is 1. The van der Waals surface area contributed by atoms with Gasteiger partial charge in [0.2, 0.25) is 5.91 Å². The molecule has 2 rings (SSSR count). The summed E-state index contributed by atoms with van der Waals surface area (Å²) in [6, 6.07) is 8.29. The number of carbonyl (C=O) groups is 1. The van der Waals surface area contributed by atoms with E-state index in [-0.39, 0.29) is 18.0 Å². The molecule has 1 aromatic heterocycles. The molecule has 102 valence electrons. The molecule has 3 N–H and O–H groups in total. The highest BCUT2D eigenvalue weighted by Crippen LogP contribution is 2.18. The van der Waals surface area contributed by atoms with Crippen LogP contribution in [0.1, 0.15) is 26.3 Å². The highest BCUT2D eigenvalue weighted by atomic mass is 16.1. The molecule has 0 bridgehead atoms. The zero-order valence-electron chi connectivity index (χ0n) is 11.7. The first-order valence-corrected chi connectivity index (χ1v) is 6.46. The Balaban J connectivity index is 2.25. The fourth-order valence-corrected chi connectivity index (χ4v) is 2.01. The van der Waals surface area contributed by atoms with Gasteiger partial charge in [0.05, 0.1) is 0 Å². The summed E-state index contributed by atoms with van der Waals surface area (Å²) in [5, 5.41) is 4.58. The van der Waals surface area contributed by atoms with Crippen LogP contribution in [0.2, 0.25) is 0 Å². The summed E-state index contributed by atoms with van der Waals surface area (Å²) in [4.78, 5) is 11.0. The summed E-state index contributed by atoms with van der Waals surface area (Å²) in [6.45, 7) is 7.45. The molecule has 0 fully saturated rings. The molecule has 1 heterocycles. The topological polar surface area (TPSA) is 60.1 Å². The molecule has 0 aliphatic rings. The third-order valence-corrected chi connectivity index (χ3v) is 2.99. The van der Waals surface area contributed by atoms with Crippen molar-refractivity contribution in [1.29, 1.82) is 0 Å². The molecule has 0 aliphatic carbocycles. The van der Waals surface area contributed by atoms with Gasteiger partial charge in [-0.3, -0.25) is 4.79 Å². The van der Waals surface area contributed by atoms with E-state index in [1.807, 2.05) is 16.8 Å². The van der Waals surface area contributed by atoms with Crippen LogP contribution >= 0.6 is 0 Å². The molecule has 2 aromatic rings. The highest BCUT2D eigenvalue weighted by Gasteiger charge is 2.09. The van der Waals surface area contributed by atoms with Crippen molar-refractivity contribution in [2.24, 2.45) is 5.73 Å². The van der Waals surface area contributed by atoms with Crippen molar-refractivity contribution >= 4 is 16.8 Å². The number of amides is 1. The van der Waals surface area contributed by atoms with Crippen LogP contribution in [0, 0.1) is 0 Å². The molecular formula is C15H21N3O. The van der Waals surface area contributed by atoms with Gasteiger partial charge >= 0.3 is 0 Å². The predicted molar refractivity (Wildman–Crippen MR) is 77.7 cm³/mol. The molecule has 0 aliphatic heterocycles. The molecule has 0 unspecified atom stereocenters. The van der Waals surface area contributed by atoms with Gasteiger partial charge in [0.15, 0.2) is 0 Å². The van der Waals surface area contributed by atoms with Crippen molar-refractivity contribution < 1.29 is 4.79 Å². The monoisotopic (exact) mass is 259 g/mol. The van der Waals surface area contributed by atoms with E-state index in [4.69, 9.17) is 5.73 Å². The van der Waals surface area contributed by atoms with Crippen LogP contribution in [0.3, 0.4) is 0 Å². The van der Waals surface area contributed by atoms with Gasteiger partial charge in [-0.2, -0.15) is 0 Å². The molecule has 1 aromatic carbocycles. The summed E-state index contributed by atoms with van der Waals surface area (Å²) >= 11 is 0. The van der Waals surface area contributed by atoms with E-state index in [0.717, 1.165) is 17.4 Å². The summed E-state index contributed by atoms with van der Waals surface area (Å²) in [7, 11) is 0. The van der Waals surface area contributed by atoms with Crippen molar-refractivity contribution in [3.8, 4) is 0 Å². The Morgan fingerprint density at radius 2 is 2.05 bits per heavy atom. The maximum Gasteiger partial charge on any atom is 0.237 e. The van der Waals surface area contributed by atoms with Crippen molar-refractivity contribution in [2.45, 2.75) is 39.4 Å². The van der Waals surface area contributed by atoms with Crippen LogP contribution in [0.5, 0.6) is 0 Å². The maximum absolute atomic E-state index is 11.0. The van der Waals surface area contributed by atoms with Gasteiger partial charge in [-0.15, -0.1) is 0 Å². The van der Waals surface area contributed by atoms with Crippen LogP contribution in [0.15, 0.2) is 30.5 Å². The van der Waals surface area contributed by atoms with Crippen LogP contribution < -0.4 is 11.1 Å². The van der Waals surface area contributed by atoms with Gasteiger partial charge < -0.3 is 15.6 Å². The molecule has 1 amide bonds. The van der Waals surface area contributed by atoms with Crippen LogP contribution in [0.25, 0.3) is 10.9 Å². The Bertz CT molecular complexity index is 593. The largest absolute Gasteiger partial charge is 0.368 e. The predicted octanol–water partition coefficient (Wildman–Crippen LogP) is 2.01. The number of rotatable bonds is 4. The summed E-state index contributed by atoms with van der Waals surface area (Å²) in [6.07, 6.45) is 1.90. The molecule has 0 atom stereocenters. The minimum Gasteiger partial charge on any atom is -0.368 e. The zero-order valence-corrected chi connectivity index (χ0v) is 11.7. The number of benzene rings is 1. The standard InChI is InChI=1S/C15H21N3O/c1-15(2,3)17-9-11-4-5-12-6-7-18(10-14(16)19)13(12)8-11/h4-8,17H,9-10H2,1-3H3,(H2,16,19).